The monoisotopic (exact) mass is 344 g/mol. The largest absolute Gasteiger partial charge is 0.372 e. The highest BCUT2D eigenvalue weighted by Gasteiger charge is 2.16. The second kappa shape index (κ2) is 4.86. The number of rotatable bonds is 2. The molecule has 2 aromatic carbocycles. The fourth-order valence-corrected chi connectivity index (χ4v) is 3.32. The maximum atomic E-state index is 11.3. The summed E-state index contributed by atoms with van der Waals surface area (Å²) < 4.78 is 5.46. The van der Waals surface area contributed by atoms with Crippen LogP contribution < -0.4 is 5.69 Å². The summed E-state index contributed by atoms with van der Waals surface area (Å²) in [5.41, 5.74) is 6.30. The normalized spacial score (nSPS) is 15.3. The van der Waals surface area contributed by atoms with Gasteiger partial charge in [0.15, 0.2) is 0 Å². The van der Waals surface area contributed by atoms with Gasteiger partial charge >= 0.3 is 5.69 Å². The Morgan fingerprint density at radius 2 is 1.67 bits per heavy atom. The SMILES string of the molecule is O=c1[nH]c2ccc(C(Br)c3ccc4c(c3)COC4)cc2[nH]1. The lowest BCUT2D eigenvalue weighted by Crippen LogP contribution is -1.99. The number of hydrogen-bond donors (Lipinski definition) is 2. The van der Waals surface area contributed by atoms with Crippen molar-refractivity contribution in [3.8, 4) is 0 Å². The van der Waals surface area contributed by atoms with E-state index < -0.39 is 0 Å². The van der Waals surface area contributed by atoms with Crippen LogP contribution in [0.25, 0.3) is 11.0 Å². The first-order valence-corrected chi connectivity index (χ1v) is 7.68. The number of aromatic amines is 2. The lowest BCUT2D eigenvalue weighted by Gasteiger charge is -2.12. The Bertz CT molecular complexity index is 881. The van der Waals surface area contributed by atoms with Crippen LogP contribution in [0.4, 0.5) is 0 Å². The van der Waals surface area contributed by atoms with Gasteiger partial charge < -0.3 is 14.7 Å². The first kappa shape index (κ1) is 12.9. The molecule has 4 nitrogen and oxygen atoms in total. The van der Waals surface area contributed by atoms with E-state index in [4.69, 9.17) is 4.74 Å². The second-order valence-corrected chi connectivity index (χ2v) is 6.18. The second-order valence-electron chi connectivity index (χ2n) is 5.27. The summed E-state index contributed by atoms with van der Waals surface area (Å²) in [6, 6.07) is 12.4. The third kappa shape index (κ3) is 2.22. The topological polar surface area (TPSA) is 57.9 Å². The van der Waals surface area contributed by atoms with E-state index in [9.17, 15) is 4.79 Å². The molecule has 1 aliphatic heterocycles. The summed E-state index contributed by atoms with van der Waals surface area (Å²) in [6.45, 7) is 1.40. The summed E-state index contributed by atoms with van der Waals surface area (Å²) in [5, 5.41) is 0. The molecule has 1 aromatic heterocycles. The number of ether oxygens (including phenoxy) is 1. The van der Waals surface area contributed by atoms with Gasteiger partial charge in [0, 0.05) is 0 Å². The summed E-state index contributed by atoms with van der Waals surface area (Å²) in [6.07, 6.45) is 0. The smallest absolute Gasteiger partial charge is 0.323 e. The maximum Gasteiger partial charge on any atom is 0.323 e. The predicted molar refractivity (Wildman–Crippen MR) is 84.6 cm³/mol. The maximum absolute atomic E-state index is 11.3. The van der Waals surface area contributed by atoms with Crippen LogP contribution in [-0.4, -0.2) is 9.97 Å². The molecule has 21 heavy (non-hydrogen) atoms. The van der Waals surface area contributed by atoms with Gasteiger partial charge in [-0.05, 0) is 34.4 Å². The van der Waals surface area contributed by atoms with Crippen molar-refractivity contribution in [1.29, 1.82) is 0 Å². The lowest BCUT2D eigenvalue weighted by atomic mass is 10.00. The summed E-state index contributed by atoms with van der Waals surface area (Å²) in [5.74, 6) is 0. The van der Waals surface area contributed by atoms with Gasteiger partial charge in [0.2, 0.25) is 0 Å². The number of aromatic nitrogens is 2. The van der Waals surface area contributed by atoms with Crippen molar-refractivity contribution in [3.63, 3.8) is 0 Å². The first-order chi connectivity index (χ1) is 10.2. The van der Waals surface area contributed by atoms with Gasteiger partial charge in [-0.15, -0.1) is 0 Å². The third-order valence-electron chi connectivity index (χ3n) is 3.87. The zero-order chi connectivity index (χ0) is 14.4. The lowest BCUT2D eigenvalue weighted by molar-refractivity contribution is 0.134. The number of halogens is 1. The van der Waals surface area contributed by atoms with Crippen LogP contribution in [0.2, 0.25) is 0 Å². The molecular formula is C16H13BrN2O2. The van der Waals surface area contributed by atoms with Crippen LogP contribution in [-0.2, 0) is 18.0 Å². The van der Waals surface area contributed by atoms with E-state index in [1.807, 2.05) is 18.2 Å². The molecule has 4 rings (SSSR count). The fraction of sp³-hybridized carbons (Fsp3) is 0.188. The van der Waals surface area contributed by atoms with Gasteiger partial charge in [-0.2, -0.15) is 0 Å². The molecule has 106 valence electrons. The minimum absolute atomic E-state index is 0.0891. The number of benzene rings is 2. The Labute approximate surface area is 129 Å². The molecule has 0 spiro atoms. The van der Waals surface area contributed by atoms with Crippen molar-refractivity contribution in [2.24, 2.45) is 0 Å². The molecule has 0 saturated heterocycles. The molecule has 0 amide bonds. The zero-order valence-electron chi connectivity index (χ0n) is 11.2. The van der Waals surface area contributed by atoms with Crippen molar-refractivity contribution in [1.82, 2.24) is 9.97 Å². The van der Waals surface area contributed by atoms with Crippen LogP contribution in [0.3, 0.4) is 0 Å². The van der Waals surface area contributed by atoms with Crippen LogP contribution in [0.15, 0.2) is 41.2 Å². The van der Waals surface area contributed by atoms with Crippen LogP contribution in [0.1, 0.15) is 27.1 Å². The molecule has 5 heteroatoms. The van der Waals surface area contributed by atoms with Crippen molar-refractivity contribution in [3.05, 3.63) is 69.1 Å². The molecule has 0 aliphatic carbocycles. The van der Waals surface area contributed by atoms with E-state index in [1.54, 1.807) is 0 Å². The van der Waals surface area contributed by atoms with E-state index in [0.29, 0.717) is 13.2 Å². The number of nitrogens with one attached hydrogen (secondary N) is 2. The van der Waals surface area contributed by atoms with Crippen molar-refractivity contribution in [2.75, 3.05) is 0 Å². The minimum Gasteiger partial charge on any atom is -0.372 e. The Kier molecular flexibility index (Phi) is 2.97. The number of alkyl halides is 1. The Hall–Kier alpha value is -1.85. The van der Waals surface area contributed by atoms with Crippen LogP contribution >= 0.6 is 15.9 Å². The highest BCUT2D eigenvalue weighted by Crippen LogP contribution is 2.34. The quantitative estimate of drug-likeness (QED) is 0.700. The van der Waals surface area contributed by atoms with E-state index in [1.165, 1.54) is 16.7 Å². The van der Waals surface area contributed by atoms with Gasteiger partial charge in [0.05, 0.1) is 29.1 Å². The summed E-state index contributed by atoms with van der Waals surface area (Å²) in [4.78, 5) is 17.0. The molecule has 2 heterocycles. The highest BCUT2D eigenvalue weighted by atomic mass is 79.9. The van der Waals surface area contributed by atoms with Gasteiger partial charge in [0.1, 0.15) is 0 Å². The Morgan fingerprint density at radius 3 is 2.57 bits per heavy atom. The summed E-state index contributed by atoms with van der Waals surface area (Å²) >= 11 is 3.75. The van der Waals surface area contributed by atoms with Gasteiger partial charge in [-0.3, -0.25) is 0 Å². The van der Waals surface area contributed by atoms with Crippen LogP contribution in [0, 0.1) is 0 Å². The van der Waals surface area contributed by atoms with Gasteiger partial charge in [-0.1, -0.05) is 40.2 Å². The van der Waals surface area contributed by atoms with Gasteiger partial charge in [0.25, 0.3) is 0 Å². The molecule has 0 radical (unpaired) electrons. The first-order valence-electron chi connectivity index (χ1n) is 6.76. The fourth-order valence-electron chi connectivity index (χ4n) is 2.75. The van der Waals surface area contributed by atoms with E-state index in [-0.39, 0.29) is 10.5 Å². The minimum atomic E-state index is -0.178. The van der Waals surface area contributed by atoms with Gasteiger partial charge in [-0.25, -0.2) is 4.79 Å². The van der Waals surface area contributed by atoms with Crippen molar-refractivity contribution < 1.29 is 4.74 Å². The average Bonchev–Trinajstić information content (AvgIpc) is 3.09. The Morgan fingerprint density at radius 1 is 0.952 bits per heavy atom. The Balaban J connectivity index is 1.75. The molecule has 1 unspecified atom stereocenters. The summed E-state index contributed by atoms with van der Waals surface area (Å²) in [7, 11) is 0. The molecule has 2 N–H and O–H groups in total. The number of H-pyrrole nitrogens is 2. The molecule has 0 saturated carbocycles. The van der Waals surface area contributed by atoms with Crippen molar-refractivity contribution >= 4 is 27.0 Å². The zero-order valence-corrected chi connectivity index (χ0v) is 12.7. The highest BCUT2D eigenvalue weighted by molar-refractivity contribution is 9.09. The number of hydrogen-bond acceptors (Lipinski definition) is 2. The van der Waals surface area contributed by atoms with E-state index in [0.717, 1.165) is 16.6 Å². The van der Waals surface area contributed by atoms with E-state index in [2.05, 4.69) is 44.1 Å². The predicted octanol–water partition coefficient (Wildman–Crippen LogP) is 3.37. The van der Waals surface area contributed by atoms with Crippen LogP contribution in [0.5, 0.6) is 0 Å². The van der Waals surface area contributed by atoms with Crippen molar-refractivity contribution in [2.45, 2.75) is 18.0 Å². The number of imidazole rings is 1. The molecule has 0 bridgehead atoms. The molecule has 1 aliphatic rings. The molecule has 0 fully saturated rings. The molecular weight excluding hydrogens is 332 g/mol. The third-order valence-corrected chi connectivity index (χ3v) is 4.93. The average molecular weight is 345 g/mol. The van der Waals surface area contributed by atoms with E-state index >= 15 is 0 Å². The molecule has 3 aromatic rings. The molecule has 1 atom stereocenters. The standard InChI is InChI=1S/C16H13BrN2O2/c17-15(9-1-2-11-7-21-8-12(11)5-9)10-3-4-13-14(6-10)19-16(20)18-13/h1-6,15H,7-8H2,(H2,18,19,20). The number of fused-ring (bicyclic) bond motifs is 2.